The Morgan fingerprint density at radius 3 is 1.22 bits per heavy atom. The van der Waals surface area contributed by atoms with Crippen LogP contribution in [0.2, 0.25) is 36.3 Å². The molecule has 3 aromatic rings. The summed E-state index contributed by atoms with van der Waals surface area (Å²) in [5, 5.41) is 0.280. The average molecular weight is 637 g/mol. The van der Waals surface area contributed by atoms with Crippen molar-refractivity contribution in [1.29, 1.82) is 0 Å². The quantitative estimate of drug-likeness (QED) is 0.181. The summed E-state index contributed by atoms with van der Waals surface area (Å²) in [4.78, 5) is 0. The molecule has 1 fully saturated rings. The van der Waals surface area contributed by atoms with E-state index in [-0.39, 0.29) is 10.1 Å². The third-order valence-corrected chi connectivity index (χ3v) is 20.3. The molecule has 1 saturated carbocycles. The van der Waals surface area contributed by atoms with Crippen molar-refractivity contribution in [2.75, 3.05) is 0 Å². The highest BCUT2D eigenvalue weighted by molar-refractivity contribution is 6.75. The lowest BCUT2D eigenvalue weighted by molar-refractivity contribution is 0.318. The first-order chi connectivity index (χ1) is 20.8. The van der Waals surface area contributed by atoms with E-state index in [2.05, 4.69) is 142 Å². The van der Waals surface area contributed by atoms with E-state index in [1.54, 1.807) is 11.1 Å². The molecule has 240 valence electrons. The van der Waals surface area contributed by atoms with Crippen molar-refractivity contribution in [3.63, 3.8) is 0 Å². The average Bonchev–Trinajstić information content (AvgIpc) is 3.57. The molecule has 1 spiro atoms. The van der Waals surface area contributed by atoms with Crippen LogP contribution >= 0.6 is 0 Å². The third kappa shape index (κ3) is 6.69. The number of benzene rings is 3. The van der Waals surface area contributed by atoms with Crippen LogP contribution < -0.4 is 0 Å². The topological polar surface area (TPSA) is 18.5 Å². The lowest BCUT2D eigenvalue weighted by Crippen LogP contribution is -2.40. The van der Waals surface area contributed by atoms with E-state index < -0.39 is 16.6 Å². The van der Waals surface area contributed by atoms with Gasteiger partial charge in [0, 0.05) is 11.1 Å². The van der Waals surface area contributed by atoms with Gasteiger partial charge in [-0.2, -0.15) is 0 Å². The van der Waals surface area contributed by atoms with Gasteiger partial charge < -0.3 is 8.85 Å². The Hall–Kier alpha value is -2.83. The van der Waals surface area contributed by atoms with Gasteiger partial charge in [-0.25, -0.2) is 0 Å². The van der Waals surface area contributed by atoms with Crippen molar-refractivity contribution >= 4 is 28.2 Å². The number of hydrogen-bond acceptors (Lipinski definition) is 2. The lowest BCUT2D eigenvalue weighted by atomic mass is 9.82. The first kappa shape index (κ1) is 33.5. The zero-order valence-electron chi connectivity index (χ0n) is 29.7. The molecule has 4 heteroatoms. The molecule has 0 aromatic heterocycles. The molecule has 0 heterocycles. The van der Waals surface area contributed by atoms with Gasteiger partial charge in [-0.3, -0.25) is 0 Å². The van der Waals surface area contributed by atoms with E-state index in [0.29, 0.717) is 5.41 Å². The Bertz CT molecular complexity index is 1460. The largest absolute Gasteiger partial charge is 0.543 e. The van der Waals surface area contributed by atoms with Crippen molar-refractivity contribution in [2.45, 2.75) is 116 Å². The Labute approximate surface area is 276 Å². The Balaban J connectivity index is 1.44. The summed E-state index contributed by atoms with van der Waals surface area (Å²) < 4.78 is 13.1. The minimum Gasteiger partial charge on any atom is -0.543 e. The van der Waals surface area contributed by atoms with E-state index >= 15 is 0 Å². The second kappa shape index (κ2) is 11.8. The summed E-state index contributed by atoms with van der Waals surface area (Å²) in [6.45, 7) is 31.4. The van der Waals surface area contributed by atoms with E-state index in [9.17, 15) is 0 Å². The first-order valence-corrected chi connectivity index (χ1v) is 22.8. The fourth-order valence-electron chi connectivity index (χ4n) is 6.64. The summed E-state index contributed by atoms with van der Waals surface area (Å²) in [5.41, 5.74) is 11.0. The van der Waals surface area contributed by atoms with Crippen LogP contribution in [0.15, 0.2) is 73.8 Å². The molecule has 0 N–H and O–H groups in total. The fourth-order valence-corrected chi connectivity index (χ4v) is 8.72. The molecule has 2 aliphatic carbocycles. The van der Waals surface area contributed by atoms with Crippen LogP contribution in [0, 0.1) is 5.41 Å². The molecule has 5 rings (SSSR count). The fraction of sp³-hybridized carbons (Fsp3) is 0.463. The van der Waals surface area contributed by atoms with Crippen LogP contribution in [0.5, 0.6) is 0 Å². The second-order valence-electron chi connectivity index (χ2n) is 16.9. The monoisotopic (exact) mass is 636 g/mol. The summed E-state index contributed by atoms with van der Waals surface area (Å²) in [6.07, 6.45) is 7.76. The predicted molar refractivity (Wildman–Crippen MR) is 200 cm³/mol. The smallest absolute Gasteiger partial charge is 0.250 e. The van der Waals surface area contributed by atoms with Crippen LogP contribution in [0.4, 0.5) is 0 Å². The molecule has 0 radical (unpaired) electrons. The number of fused-ring (bicyclic) bond motifs is 1. The van der Waals surface area contributed by atoms with E-state index in [0.717, 1.165) is 22.6 Å². The molecule has 2 nitrogen and oxygen atoms in total. The highest BCUT2D eigenvalue weighted by Gasteiger charge is 2.42. The molecule has 2 aliphatic rings. The molecule has 45 heavy (non-hydrogen) atoms. The van der Waals surface area contributed by atoms with Crippen molar-refractivity contribution < 1.29 is 8.85 Å². The minimum atomic E-state index is -1.94. The Morgan fingerprint density at radius 2 is 0.911 bits per heavy atom. The summed E-state index contributed by atoms with van der Waals surface area (Å²) in [6, 6.07) is 22.6. The molecule has 0 bridgehead atoms. The summed E-state index contributed by atoms with van der Waals surface area (Å²) in [5.74, 6) is 1.58. The van der Waals surface area contributed by atoms with Crippen LogP contribution in [-0.2, 0) is 21.7 Å². The van der Waals surface area contributed by atoms with E-state index in [1.165, 1.54) is 60.8 Å². The Kier molecular flexibility index (Phi) is 8.76. The highest BCUT2D eigenvalue weighted by Crippen LogP contribution is 2.53. The Morgan fingerprint density at radius 1 is 0.578 bits per heavy atom. The number of hydrogen-bond donors (Lipinski definition) is 0. The molecule has 0 unspecified atom stereocenters. The third-order valence-electron chi connectivity index (χ3n) is 11.6. The van der Waals surface area contributed by atoms with Crippen molar-refractivity contribution in [1.82, 2.24) is 0 Å². The molecular formula is C41H56O2Si2. The van der Waals surface area contributed by atoms with Crippen LogP contribution in [-0.4, -0.2) is 16.6 Å². The van der Waals surface area contributed by atoms with Gasteiger partial charge in [-0.15, -0.1) is 0 Å². The van der Waals surface area contributed by atoms with E-state index in [4.69, 9.17) is 8.85 Å². The summed E-state index contributed by atoms with van der Waals surface area (Å²) >= 11 is 0. The van der Waals surface area contributed by atoms with Gasteiger partial charge in [0.05, 0.1) is 0 Å². The normalized spacial score (nSPS) is 16.5. The molecule has 0 amide bonds. The van der Waals surface area contributed by atoms with Crippen LogP contribution in [0.25, 0.3) is 33.8 Å². The highest BCUT2D eigenvalue weighted by atomic mass is 28.4. The van der Waals surface area contributed by atoms with Crippen LogP contribution in [0.1, 0.15) is 89.5 Å². The van der Waals surface area contributed by atoms with Gasteiger partial charge in [0.1, 0.15) is 11.5 Å². The van der Waals surface area contributed by atoms with Gasteiger partial charge in [-0.05, 0) is 101 Å². The van der Waals surface area contributed by atoms with Crippen molar-refractivity contribution in [2.24, 2.45) is 5.41 Å². The van der Waals surface area contributed by atoms with Gasteiger partial charge in [0.2, 0.25) is 16.6 Å². The van der Waals surface area contributed by atoms with Crippen LogP contribution in [0.3, 0.4) is 0 Å². The predicted octanol–water partition coefficient (Wildman–Crippen LogP) is 12.7. The van der Waals surface area contributed by atoms with Gasteiger partial charge in [0.25, 0.3) is 0 Å². The zero-order chi connectivity index (χ0) is 33.0. The first-order valence-electron chi connectivity index (χ1n) is 16.9. The molecule has 0 atom stereocenters. The van der Waals surface area contributed by atoms with Gasteiger partial charge >= 0.3 is 0 Å². The second-order valence-corrected chi connectivity index (χ2v) is 26.4. The zero-order valence-corrected chi connectivity index (χ0v) is 31.7. The molecule has 3 aromatic carbocycles. The number of rotatable bonds is 8. The van der Waals surface area contributed by atoms with Gasteiger partial charge in [0.15, 0.2) is 0 Å². The van der Waals surface area contributed by atoms with Crippen molar-refractivity contribution in [3.05, 3.63) is 96.1 Å². The molecule has 0 saturated heterocycles. The molecular weight excluding hydrogens is 581 g/mol. The van der Waals surface area contributed by atoms with Crippen molar-refractivity contribution in [3.8, 4) is 22.3 Å². The van der Waals surface area contributed by atoms with Gasteiger partial charge in [-0.1, -0.05) is 128 Å². The maximum Gasteiger partial charge on any atom is 0.250 e. The lowest BCUT2D eigenvalue weighted by Gasteiger charge is -2.37. The van der Waals surface area contributed by atoms with E-state index in [1.807, 2.05) is 0 Å². The minimum absolute atomic E-state index is 0.140. The maximum atomic E-state index is 6.53. The standard InChI is InChI=1S/C41H56O2Si2/c1-29(42-44(9,10)39(3,4)5)31-15-19-33(20-16-31)35-23-24-36(38-28-41(27-37(35)38)25-13-14-26-41)34-21-17-32(18-22-34)30(2)43-45(11,12)40(6,7)8/h15-24H,1-2,13-14,25-28H2,3-12H3. The SMILES string of the molecule is C=C(O[Si](C)(C)C(C)(C)C)c1ccc(-c2ccc(-c3ccc(C(=C)O[Si](C)(C)C(C)(C)C)cc3)c3c2CC2(CCCC2)C3)cc1. The molecule has 0 aliphatic heterocycles. The maximum absolute atomic E-state index is 6.53. The summed E-state index contributed by atoms with van der Waals surface area (Å²) in [7, 11) is -3.88.